The number of aliphatic hydroxyl groups is 3. The highest BCUT2D eigenvalue weighted by molar-refractivity contribution is 7.99. The Balaban J connectivity index is 2.00. The summed E-state index contributed by atoms with van der Waals surface area (Å²) in [5, 5.41) is 28.5. The van der Waals surface area contributed by atoms with Crippen LogP contribution in [0.3, 0.4) is 0 Å². The fraction of sp³-hybridized carbons (Fsp3) is 0.455. The zero-order valence-electron chi connectivity index (χ0n) is 8.56. The minimum absolute atomic E-state index is 0.0444. The summed E-state index contributed by atoms with van der Waals surface area (Å²) in [4.78, 5) is 0.954. The second-order valence-corrected chi connectivity index (χ2v) is 4.85. The lowest BCUT2D eigenvalue weighted by Crippen LogP contribution is -2.51. The Morgan fingerprint density at radius 1 is 1.06 bits per heavy atom. The second-order valence-electron chi connectivity index (χ2n) is 3.68. The van der Waals surface area contributed by atoms with Crippen LogP contribution in [0.25, 0.3) is 0 Å². The van der Waals surface area contributed by atoms with Crippen LogP contribution in [0.2, 0.25) is 0 Å². The summed E-state index contributed by atoms with van der Waals surface area (Å²) in [7, 11) is 0. The van der Waals surface area contributed by atoms with E-state index < -0.39 is 23.7 Å². The van der Waals surface area contributed by atoms with Crippen LogP contribution in [0.1, 0.15) is 0 Å². The molecule has 16 heavy (non-hydrogen) atoms. The van der Waals surface area contributed by atoms with Crippen molar-refractivity contribution in [3.63, 3.8) is 0 Å². The second kappa shape index (κ2) is 5.16. The summed E-state index contributed by atoms with van der Waals surface area (Å²) < 4.78 is 5.28. The maximum Gasteiger partial charge on any atom is 0.136 e. The number of hydrogen-bond donors (Lipinski definition) is 3. The van der Waals surface area contributed by atoms with Crippen molar-refractivity contribution in [3.05, 3.63) is 30.3 Å². The minimum Gasteiger partial charge on any atom is -0.388 e. The molecule has 1 aliphatic heterocycles. The van der Waals surface area contributed by atoms with Gasteiger partial charge in [0.1, 0.15) is 23.7 Å². The van der Waals surface area contributed by atoms with E-state index in [1.165, 1.54) is 11.8 Å². The van der Waals surface area contributed by atoms with Gasteiger partial charge in [-0.3, -0.25) is 0 Å². The number of thioether (sulfide) groups is 1. The van der Waals surface area contributed by atoms with Crippen molar-refractivity contribution in [1.82, 2.24) is 0 Å². The number of rotatable bonds is 2. The first-order valence-electron chi connectivity index (χ1n) is 5.06. The molecule has 1 saturated heterocycles. The van der Waals surface area contributed by atoms with Gasteiger partial charge in [0.05, 0.1) is 6.61 Å². The van der Waals surface area contributed by atoms with E-state index in [4.69, 9.17) is 4.74 Å². The molecule has 0 spiro atoms. The molecule has 0 aliphatic carbocycles. The smallest absolute Gasteiger partial charge is 0.136 e. The van der Waals surface area contributed by atoms with Crippen molar-refractivity contribution in [1.29, 1.82) is 0 Å². The molecular weight excluding hydrogens is 228 g/mol. The Morgan fingerprint density at radius 2 is 1.75 bits per heavy atom. The summed E-state index contributed by atoms with van der Waals surface area (Å²) in [5.41, 5.74) is -0.541. The molecular formula is C11H14O4S. The molecule has 88 valence electrons. The maximum atomic E-state index is 9.71. The lowest BCUT2D eigenvalue weighted by molar-refractivity contribution is -0.161. The highest BCUT2D eigenvalue weighted by atomic mass is 32.2. The van der Waals surface area contributed by atoms with Crippen LogP contribution in [0, 0.1) is 0 Å². The van der Waals surface area contributed by atoms with Crippen molar-refractivity contribution >= 4 is 11.8 Å². The van der Waals surface area contributed by atoms with Gasteiger partial charge >= 0.3 is 0 Å². The molecule has 0 radical (unpaired) electrons. The molecule has 1 heterocycles. The van der Waals surface area contributed by atoms with Gasteiger partial charge in [0.15, 0.2) is 0 Å². The molecule has 2 rings (SSSR count). The molecule has 5 heteroatoms. The first-order chi connectivity index (χ1) is 7.68. The Hall–Kier alpha value is -0.590. The van der Waals surface area contributed by atoms with E-state index in [2.05, 4.69) is 0 Å². The first-order valence-corrected chi connectivity index (χ1v) is 5.94. The lowest BCUT2D eigenvalue weighted by Gasteiger charge is -2.34. The van der Waals surface area contributed by atoms with Crippen LogP contribution >= 0.6 is 11.8 Å². The number of ether oxygens (including phenoxy) is 1. The van der Waals surface area contributed by atoms with E-state index in [0.717, 1.165) is 4.90 Å². The summed E-state index contributed by atoms with van der Waals surface area (Å²) in [6, 6.07) is 9.49. The van der Waals surface area contributed by atoms with Gasteiger partial charge in [0.25, 0.3) is 0 Å². The van der Waals surface area contributed by atoms with E-state index in [-0.39, 0.29) is 6.61 Å². The van der Waals surface area contributed by atoms with Gasteiger partial charge in [-0.25, -0.2) is 0 Å². The molecule has 1 aromatic carbocycles. The molecule has 1 aliphatic rings. The summed E-state index contributed by atoms with van der Waals surface area (Å²) in [6.07, 6.45) is -3.23. The van der Waals surface area contributed by atoms with Crippen LogP contribution in [0.5, 0.6) is 0 Å². The molecule has 1 fully saturated rings. The minimum atomic E-state index is -1.14. The molecule has 1 unspecified atom stereocenters. The lowest BCUT2D eigenvalue weighted by atomic mass is 10.1. The Kier molecular flexibility index (Phi) is 3.83. The van der Waals surface area contributed by atoms with Gasteiger partial charge in [0.2, 0.25) is 0 Å². The zero-order valence-corrected chi connectivity index (χ0v) is 9.38. The summed E-state index contributed by atoms with van der Waals surface area (Å²) >= 11 is 1.34. The summed E-state index contributed by atoms with van der Waals surface area (Å²) in [6.45, 7) is 0.0444. The molecule has 4 nitrogen and oxygen atoms in total. The van der Waals surface area contributed by atoms with Gasteiger partial charge < -0.3 is 20.1 Å². The molecule has 0 bridgehead atoms. The van der Waals surface area contributed by atoms with Gasteiger partial charge in [-0.1, -0.05) is 30.0 Å². The van der Waals surface area contributed by atoms with Gasteiger partial charge in [-0.05, 0) is 12.1 Å². The molecule has 0 amide bonds. The number of hydrogen-bond acceptors (Lipinski definition) is 5. The van der Waals surface area contributed by atoms with Gasteiger partial charge in [-0.2, -0.15) is 0 Å². The highest BCUT2D eigenvalue weighted by Gasteiger charge is 2.37. The predicted octanol–water partition coefficient (Wildman–Crippen LogP) is 0.218. The summed E-state index contributed by atoms with van der Waals surface area (Å²) in [5.74, 6) is 0. The van der Waals surface area contributed by atoms with Crippen LogP contribution in [0.4, 0.5) is 0 Å². The Morgan fingerprint density at radius 3 is 2.44 bits per heavy atom. The van der Waals surface area contributed by atoms with Gasteiger partial charge in [0, 0.05) is 4.90 Å². The zero-order chi connectivity index (χ0) is 11.5. The fourth-order valence-electron chi connectivity index (χ4n) is 1.52. The van der Waals surface area contributed by atoms with E-state index >= 15 is 0 Å². The standard InChI is InChI=1S/C11H14O4S/c12-8-6-15-11(10(14)9(8)13)16-7-4-2-1-3-5-7/h1-5,8-14H,6H2/t8-,9+,10?,11+/m1/s1. The monoisotopic (exact) mass is 242 g/mol. The Labute approximate surface area is 97.9 Å². The third-order valence-electron chi connectivity index (χ3n) is 2.45. The van der Waals surface area contributed by atoms with Crippen molar-refractivity contribution in [2.75, 3.05) is 6.61 Å². The first kappa shape index (κ1) is 11.9. The number of benzene rings is 1. The number of aliphatic hydroxyl groups excluding tert-OH is 3. The van der Waals surface area contributed by atoms with Crippen LogP contribution in [-0.2, 0) is 4.74 Å². The average molecular weight is 242 g/mol. The van der Waals surface area contributed by atoms with Gasteiger partial charge in [-0.15, -0.1) is 0 Å². The third kappa shape index (κ3) is 2.56. The van der Waals surface area contributed by atoms with E-state index in [1.54, 1.807) is 0 Å². The van der Waals surface area contributed by atoms with Crippen molar-refractivity contribution in [2.45, 2.75) is 28.6 Å². The maximum absolute atomic E-state index is 9.71. The highest BCUT2D eigenvalue weighted by Crippen LogP contribution is 2.30. The molecule has 1 aromatic rings. The van der Waals surface area contributed by atoms with Crippen LogP contribution in [0.15, 0.2) is 35.2 Å². The average Bonchev–Trinajstić information content (AvgIpc) is 2.31. The SMILES string of the molecule is OC1[C@@H](O)[C@H](O)CO[C@H]1Sc1ccccc1. The topological polar surface area (TPSA) is 69.9 Å². The van der Waals surface area contributed by atoms with E-state index in [1.807, 2.05) is 30.3 Å². The van der Waals surface area contributed by atoms with E-state index in [0.29, 0.717) is 0 Å². The fourth-order valence-corrected chi connectivity index (χ4v) is 2.55. The van der Waals surface area contributed by atoms with Crippen LogP contribution < -0.4 is 0 Å². The molecule has 0 saturated carbocycles. The third-order valence-corrected chi connectivity index (χ3v) is 3.64. The van der Waals surface area contributed by atoms with E-state index in [9.17, 15) is 15.3 Å². The largest absolute Gasteiger partial charge is 0.388 e. The molecule has 4 atom stereocenters. The molecule has 3 N–H and O–H groups in total. The predicted molar refractivity (Wildman–Crippen MR) is 60.1 cm³/mol. The van der Waals surface area contributed by atoms with Crippen molar-refractivity contribution in [3.8, 4) is 0 Å². The van der Waals surface area contributed by atoms with Crippen molar-refractivity contribution < 1.29 is 20.1 Å². The quantitative estimate of drug-likeness (QED) is 0.692. The van der Waals surface area contributed by atoms with Crippen molar-refractivity contribution in [2.24, 2.45) is 0 Å². The Bertz CT molecular complexity index is 332. The molecule has 0 aromatic heterocycles. The normalized spacial score (nSPS) is 34.9. The van der Waals surface area contributed by atoms with Crippen LogP contribution in [-0.4, -0.2) is 45.7 Å².